The van der Waals surface area contributed by atoms with Crippen LogP contribution >= 0.6 is 0 Å². The Bertz CT molecular complexity index is 843. The number of amides is 2. The number of benzene rings is 2. The lowest BCUT2D eigenvalue weighted by Crippen LogP contribution is -2.31. The second kappa shape index (κ2) is 6.24. The van der Waals surface area contributed by atoms with Gasteiger partial charge < -0.3 is 15.0 Å². The predicted molar refractivity (Wildman–Crippen MR) is 95.0 cm³/mol. The number of aryl methyl sites for hydroxylation is 1. The molecule has 128 valence electrons. The zero-order chi connectivity index (χ0) is 17.4. The number of ether oxygens (including phenoxy) is 1. The van der Waals surface area contributed by atoms with Crippen molar-refractivity contribution in [3.8, 4) is 5.75 Å². The maximum absolute atomic E-state index is 12.6. The number of rotatable bonds is 4. The fourth-order valence-electron chi connectivity index (χ4n) is 3.64. The first-order valence-corrected chi connectivity index (χ1v) is 8.53. The summed E-state index contributed by atoms with van der Waals surface area (Å²) in [6.45, 7) is 1.25. The number of nitrogens with zero attached hydrogens (tertiary/aromatic N) is 1. The summed E-state index contributed by atoms with van der Waals surface area (Å²) < 4.78 is 5.14. The van der Waals surface area contributed by atoms with Crippen LogP contribution in [0.15, 0.2) is 36.4 Å². The average Bonchev–Trinajstić information content (AvgIpc) is 2.97. The van der Waals surface area contributed by atoms with E-state index in [9.17, 15) is 9.59 Å². The van der Waals surface area contributed by atoms with E-state index in [1.165, 1.54) is 0 Å². The minimum absolute atomic E-state index is 0.105. The van der Waals surface area contributed by atoms with E-state index < -0.39 is 0 Å². The number of hydrogen-bond donors (Lipinski definition) is 1. The largest absolute Gasteiger partial charge is 0.497 e. The van der Waals surface area contributed by atoms with E-state index in [1.54, 1.807) is 7.11 Å². The quantitative estimate of drug-likeness (QED) is 0.933. The van der Waals surface area contributed by atoms with E-state index in [2.05, 4.69) is 5.32 Å². The highest BCUT2D eigenvalue weighted by Gasteiger charge is 2.32. The Kier molecular flexibility index (Phi) is 3.92. The molecule has 0 saturated heterocycles. The normalized spacial score (nSPS) is 15.1. The van der Waals surface area contributed by atoms with Crippen LogP contribution in [0.25, 0.3) is 0 Å². The molecular formula is C20H20N2O3. The first kappa shape index (κ1) is 15.7. The van der Waals surface area contributed by atoms with Gasteiger partial charge in [-0.2, -0.15) is 0 Å². The van der Waals surface area contributed by atoms with Gasteiger partial charge in [-0.3, -0.25) is 9.59 Å². The topological polar surface area (TPSA) is 58.6 Å². The molecule has 0 radical (unpaired) electrons. The van der Waals surface area contributed by atoms with Crippen molar-refractivity contribution in [3.63, 3.8) is 0 Å². The highest BCUT2D eigenvalue weighted by Crippen LogP contribution is 2.37. The van der Waals surface area contributed by atoms with Crippen LogP contribution in [0.1, 0.15) is 33.5 Å². The second-order valence-electron chi connectivity index (χ2n) is 6.50. The number of carbonyl (C=O) groups is 2. The lowest BCUT2D eigenvalue weighted by atomic mass is 9.96. The number of nitrogens with one attached hydrogen (secondary N) is 1. The predicted octanol–water partition coefficient (Wildman–Crippen LogP) is 2.46. The molecule has 2 aromatic carbocycles. The van der Waals surface area contributed by atoms with Gasteiger partial charge in [-0.05, 0) is 53.8 Å². The Hall–Kier alpha value is -2.82. The summed E-state index contributed by atoms with van der Waals surface area (Å²) in [5, 5.41) is 2.96. The van der Waals surface area contributed by atoms with Gasteiger partial charge in [0.2, 0.25) is 5.91 Å². The molecule has 0 spiro atoms. The van der Waals surface area contributed by atoms with Crippen LogP contribution in [0, 0.1) is 0 Å². The Morgan fingerprint density at radius 3 is 2.72 bits per heavy atom. The molecule has 25 heavy (non-hydrogen) atoms. The number of methoxy groups -OCH3 is 1. The summed E-state index contributed by atoms with van der Waals surface area (Å²) in [6, 6.07) is 11.4. The van der Waals surface area contributed by atoms with Crippen LogP contribution in [0.3, 0.4) is 0 Å². The van der Waals surface area contributed by atoms with Gasteiger partial charge in [-0.1, -0.05) is 12.1 Å². The molecule has 5 nitrogen and oxygen atoms in total. The van der Waals surface area contributed by atoms with Gasteiger partial charge in [0, 0.05) is 18.7 Å². The van der Waals surface area contributed by atoms with Crippen molar-refractivity contribution in [2.45, 2.75) is 25.8 Å². The first-order valence-electron chi connectivity index (χ1n) is 8.53. The summed E-state index contributed by atoms with van der Waals surface area (Å²) in [5.74, 6) is 0.833. The lowest BCUT2D eigenvalue weighted by molar-refractivity contribution is -0.117. The Balaban J connectivity index is 1.51. The Morgan fingerprint density at radius 2 is 1.96 bits per heavy atom. The van der Waals surface area contributed by atoms with Gasteiger partial charge in [-0.25, -0.2) is 0 Å². The molecule has 0 aromatic heterocycles. The van der Waals surface area contributed by atoms with Crippen LogP contribution in [0.4, 0.5) is 5.69 Å². The number of hydrogen-bond acceptors (Lipinski definition) is 3. The molecule has 5 heteroatoms. The van der Waals surface area contributed by atoms with Crippen LogP contribution in [-0.4, -0.2) is 25.5 Å². The molecule has 0 saturated carbocycles. The smallest absolute Gasteiger partial charge is 0.251 e. The summed E-state index contributed by atoms with van der Waals surface area (Å²) in [6.07, 6.45) is 2.28. The van der Waals surface area contributed by atoms with Gasteiger partial charge in [0.1, 0.15) is 5.75 Å². The van der Waals surface area contributed by atoms with Gasteiger partial charge in [0.15, 0.2) is 0 Å². The number of anilines is 1. The van der Waals surface area contributed by atoms with Crippen molar-refractivity contribution < 1.29 is 14.3 Å². The van der Waals surface area contributed by atoms with Crippen LogP contribution in [0.5, 0.6) is 5.75 Å². The molecule has 4 rings (SSSR count). The minimum Gasteiger partial charge on any atom is -0.497 e. The van der Waals surface area contributed by atoms with Crippen LogP contribution in [-0.2, 0) is 24.2 Å². The number of carbonyl (C=O) groups excluding carboxylic acids is 2. The summed E-state index contributed by atoms with van der Waals surface area (Å²) in [4.78, 5) is 26.5. The molecule has 2 aliphatic rings. The van der Waals surface area contributed by atoms with E-state index in [-0.39, 0.29) is 11.8 Å². The van der Waals surface area contributed by atoms with Gasteiger partial charge in [0.05, 0.1) is 19.2 Å². The van der Waals surface area contributed by atoms with Crippen molar-refractivity contribution in [2.75, 3.05) is 18.6 Å². The molecule has 1 N–H and O–H groups in total. The maximum atomic E-state index is 12.6. The highest BCUT2D eigenvalue weighted by atomic mass is 16.5. The third-order valence-electron chi connectivity index (χ3n) is 4.88. The van der Waals surface area contributed by atoms with Crippen LogP contribution < -0.4 is 15.0 Å². The Morgan fingerprint density at radius 1 is 1.20 bits per heavy atom. The van der Waals surface area contributed by atoms with E-state index in [1.807, 2.05) is 41.3 Å². The summed E-state index contributed by atoms with van der Waals surface area (Å²) >= 11 is 0. The molecule has 0 fully saturated rings. The standard InChI is InChI=1S/C20H20N2O3/c1-25-17-6-4-13(5-7-17)12-21-20(24)16-9-14-3-2-8-22-18(23)11-15(10-16)19(14)22/h4-7,9-10H,2-3,8,11-12H2,1H3,(H,21,24). The monoisotopic (exact) mass is 336 g/mol. The van der Waals surface area contributed by atoms with Crippen molar-refractivity contribution in [1.82, 2.24) is 5.32 Å². The fourth-order valence-corrected chi connectivity index (χ4v) is 3.64. The molecule has 2 heterocycles. The highest BCUT2D eigenvalue weighted by molar-refractivity contribution is 6.04. The molecule has 0 unspecified atom stereocenters. The van der Waals surface area contributed by atoms with Crippen molar-refractivity contribution in [3.05, 3.63) is 58.7 Å². The molecule has 2 aliphatic heterocycles. The van der Waals surface area contributed by atoms with E-state index in [0.29, 0.717) is 18.5 Å². The van der Waals surface area contributed by atoms with Crippen LogP contribution in [0.2, 0.25) is 0 Å². The third-order valence-corrected chi connectivity index (χ3v) is 4.88. The third kappa shape index (κ3) is 2.86. The minimum atomic E-state index is -0.105. The van der Waals surface area contributed by atoms with Gasteiger partial charge in [-0.15, -0.1) is 0 Å². The van der Waals surface area contributed by atoms with E-state index >= 15 is 0 Å². The van der Waals surface area contributed by atoms with Crippen molar-refractivity contribution in [1.29, 1.82) is 0 Å². The first-order chi connectivity index (χ1) is 12.2. The molecule has 2 aromatic rings. The lowest BCUT2D eigenvalue weighted by Gasteiger charge is -2.25. The fraction of sp³-hybridized carbons (Fsp3) is 0.300. The molecule has 0 bridgehead atoms. The molecule has 0 aliphatic carbocycles. The van der Waals surface area contributed by atoms with E-state index in [4.69, 9.17) is 4.74 Å². The SMILES string of the molecule is COc1ccc(CNC(=O)c2cc3c4c(c2)CC(=O)N4CCC3)cc1. The van der Waals surface area contributed by atoms with Crippen molar-refractivity contribution in [2.24, 2.45) is 0 Å². The van der Waals surface area contributed by atoms with Gasteiger partial charge >= 0.3 is 0 Å². The average molecular weight is 336 g/mol. The summed E-state index contributed by atoms with van der Waals surface area (Å²) in [5.41, 5.74) is 4.79. The zero-order valence-corrected chi connectivity index (χ0v) is 14.2. The van der Waals surface area contributed by atoms with Crippen molar-refractivity contribution >= 4 is 17.5 Å². The molecule has 2 amide bonds. The second-order valence-corrected chi connectivity index (χ2v) is 6.50. The van der Waals surface area contributed by atoms with E-state index in [0.717, 1.165) is 47.5 Å². The summed E-state index contributed by atoms with van der Waals surface area (Å²) in [7, 11) is 1.63. The molecule has 0 atom stereocenters. The zero-order valence-electron chi connectivity index (χ0n) is 14.2. The molecular weight excluding hydrogens is 316 g/mol. The maximum Gasteiger partial charge on any atom is 0.251 e. The Labute approximate surface area is 146 Å². The van der Waals surface area contributed by atoms with Gasteiger partial charge in [0.25, 0.3) is 5.91 Å².